The van der Waals surface area contributed by atoms with Crippen LogP contribution in [0, 0.1) is 0 Å². The topological polar surface area (TPSA) is 49.6 Å². The van der Waals surface area contributed by atoms with Crippen molar-refractivity contribution in [1.82, 2.24) is 9.80 Å². The van der Waals surface area contributed by atoms with Crippen molar-refractivity contribution < 1.29 is 4.79 Å². The lowest BCUT2D eigenvalue weighted by Crippen LogP contribution is -2.49. The van der Waals surface area contributed by atoms with Crippen LogP contribution < -0.4 is 5.73 Å². The highest BCUT2D eigenvalue weighted by molar-refractivity contribution is 5.56. The normalized spacial score (nSPS) is 19.6. The average molecular weight is 247 g/mol. The van der Waals surface area contributed by atoms with Gasteiger partial charge in [-0.1, -0.05) is 12.1 Å². The molecule has 18 heavy (non-hydrogen) atoms. The SMILES string of the molecule is CC(C=O)N1CCN(Cc2ccc(N)cc2)CC1. The number of hydrogen-bond acceptors (Lipinski definition) is 4. The Morgan fingerprint density at radius 1 is 1.22 bits per heavy atom. The molecule has 98 valence electrons. The molecule has 0 bridgehead atoms. The minimum absolute atomic E-state index is 0.0451. The quantitative estimate of drug-likeness (QED) is 0.636. The second-order valence-electron chi connectivity index (χ2n) is 4.93. The molecule has 2 rings (SSSR count). The van der Waals surface area contributed by atoms with E-state index in [1.807, 2.05) is 19.1 Å². The van der Waals surface area contributed by atoms with E-state index >= 15 is 0 Å². The molecule has 1 fully saturated rings. The summed E-state index contributed by atoms with van der Waals surface area (Å²) < 4.78 is 0. The summed E-state index contributed by atoms with van der Waals surface area (Å²) >= 11 is 0. The van der Waals surface area contributed by atoms with Gasteiger partial charge in [0.1, 0.15) is 6.29 Å². The zero-order valence-electron chi connectivity index (χ0n) is 10.9. The summed E-state index contributed by atoms with van der Waals surface area (Å²) in [7, 11) is 0. The molecule has 0 spiro atoms. The van der Waals surface area contributed by atoms with Gasteiger partial charge in [-0.05, 0) is 24.6 Å². The summed E-state index contributed by atoms with van der Waals surface area (Å²) in [6.07, 6.45) is 1.02. The lowest BCUT2D eigenvalue weighted by molar-refractivity contribution is -0.112. The van der Waals surface area contributed by atoms with Crippen molar-refractivity contribution in [2.24, 2.45) is 0 Å². The number of carbonyl (C=O) groups is 1. The highest BCUT2D eigenvalue weighted by Crippen LogP contribution is 2.11. The van der Waals surface area contributed by atoms with E-state index in [-0.39, 0.29) is 6.04 Å². The van der Waals surface area contributed by atoms with Crippen LogP contribution in [0.2, 0.25) is 0 Å². The van der Waals surface area contributed by atoms with Crippen molar-refractivity contribution in [3.05, 3.63) is 29.8 Å². The van der Waals surface area contributed by atoms with E-state index in [0.29, 0.717) is 0 Å². The number of carbonyl (C=O) groups excluding carboxylic acids is 1. The molecule has 1 aliphatic rings. The van der Waals surface area contributed by atoms with E-state index in [1.54, 1.807) is 0 Å². The van der Waals surface area contributed by atoms with Crippen molar-refractivity contribution in [2.45, 2.75) is 19.5 Å². The fraction of sp³-hybridized carbons (Fsp3) is 0.500. The Morgan fingerprint density at radius 3 is 2.39 bits per heavy atom. The van der Waals surface area contributed by atoms with Crippen molar-refractivity contribution in [2.75, 3.05) is 31.9 Å². The minimum Gasteiger partial charge on any atom is -0.399 e. The standard InChI is InChI=1S/C14H21N3O/c1-12(11-18)17-8-6-16(7-9-17)10-13-2-4-14(15)5-3-13/h2-5,11-12H,6-10,15H2,1H3. The Morgan fingerprint density at radius 2 is 1.83 bits per heavy atom. The van der Waals surface area contributed by atoms with Gasteiger partial charge in [-0.2, -0.15) is 0 Å². The fourth-order valence-corrected chi connectivity index (χ4v) is 2.30. The summed E-state index contributed by atoms with van der Waals surface area (Å²) in [4.78, 5) is 15.4. The van der Waals surface area contributed by atoms with Gasteiger partial charge >= 0.3 is 0 Å². The lowest BCUT2D eigenvalue weighted by Gasteiger charge is -2.36. The van der Waals surface area contributed by atoms with Crippen molar-refractivity contribution in [3.8, 4) is 0 Å². The third-order valence-corrected chi connectivity index (χ3v) is 3.57. The molecule has 0 aromatic heterocycles. The van der Waals surface area contributed by atoms with Crippen molar-refractivity contribution in [1.29, 1.82) is 0 Å². The van der Waals surface area contributed by atoms with Crippen molar-refractivity contribution >= 4 is 12.0 Å². The molecule has 2 N–H and O–H groups in total. The van der Waals surface area contributed by atoms with Gasteiger partial charge in [0.25, 0.3) is 0 Å². The van der Waals surface area contributed by atoms with Crippen LogP contribution in [0.15, 0.2) is 24.3 Å². The number of hydrogen-bond donors (Lipinski definition) is 1. The smallest absolute Gasteiger partial charge is 0.136 e. The molecule has 1 aliphatic heterocycles. The van der Waals surface area contributed by atoms with E-state index in [0.717, 1.165) is 44.7 Å². The Hall–Kier alpha value is -1.39. The number of anilines is 1. The Balaban J connectivity index is 1.83. The number of nitrogens with zero attached hydrogens (tertiary/aromatic N) is 2. The zero-order chi connectivity index (χ0) is 13.0. The monoisotopic (exact) mass is 247 g/mol. The molecule has 4 heteroatoms. The first-order valence-corrected chi connectivity index (χ1v) is 6.45. The molecule has 0 radical (unpaired) electrons. The molecule has 1 aromatic rings. The molecule has 4 nitrogen and oxygen atoms in total. The maximum Gasteiger partial charge on any atom is 0.136 e. The Bertz CT molecular complexity index is 383. The molecular weight excluding hydrogens is 226 g/mol. The van der Waals surface area contributed by atoms with Crippen LogP contribution in [-0.2, 0) is 11.3 Å². The predicted molar refractivity (Wildman–Crippen MR) is 73.2 cm³/mol. The number of rotatable bonds is 4. The van der Waals surface area contributed by atoms with Gasteiger partial charge in [-0.25, -0.2) is 0 Å². The second-order valence-corrected chi connectivity index (χ2v) is 4.93. The van der Waals surface area contributed by atoms with Gasteiger partial charge in [0.2, 0.25) is 0 Å². The summed E-state index contributed by atoms with van der Waals surface area (Å²) in [5.74, 6) is 0. The first kappa shape index (κ1) is 13.1. The number of benzene rings is 1. The fourth-order valence-electron chi connectivity index (χ4n) is 2.30. The Kier molecular flexibility index (Phi) is 4.33. The summed E-state index contributed by atoms with van der Waals surface area (Å²) in [5, 5.41) is 0. The number of aldehydes is 1. The van der Waals surface area contributed by atoms with Gasteiger partial charge in [0.15, 0.2) is 0 Å². The highest BCUT2D eigenvalue weighted by Gasteiger charge is 2.20. The van der Waals surface area contributed by atoms with Crippen LogP contribution >= 0.6 is 0 Å². The molecule has 0 amide bonds. The molecule has 1 unspecified atom stereocenters. The van der Waals surface area contributed by atoms with Crippen LogP contribution in [-0.4, -0.2) is 48.3 Å². The van der Waals surface area contributed by atoms with Crippen LogP contribution in [0.25, 0.3) is 0 Å². The second kappa shape index (κ2) is 5.98. The molecule has 0 saturated carbocycles. The third kappa shape index (κ3) is 3.31. The van der Waals surface area contributed by atoms with E-state index in [9.17, 15) is 4.79 Å². The summed E-state index contributed by atoms with van der Waals surface area (Å²) in [6.45, 7) is 6.89. The summed E-state index contributed by atoms with van der Waals surface area (Å²) in [6, 6.07) is 8.09. The maximum absolute atomic E-state index is 10.7. The van der Waals surface area contributed by atoms with E-state index in [1.165, 1.54) is 5.56 Å². The number of piperazine rings is 1. The zero-order valence-corrected chi connectivity index (χ0v) is 10.9. The molecule has 1 atom stereocenters. The van der Waals surface area contributed by atoms with E-state index < -0.39 is 0 Å². The number of nitrogens with two attached hydrogens (primary N) is 1. The van der Waals surface area contributed by atoms with Crippen LogP contribution in [0.3, 0.4) is 0 Å². The molecule has 0 aliphatic carbocycles. The van der Waals surface area contributed by atoms with Crippen LogP contribution in [0.1, 0.15) is 12.5 Å². The van der Waals surface area contributed by atoms with Crippen LogP contribution in [0.4, 0.5) is 5.69 Å². The lowest BCUT2D eigenvalue weighted by atomic mass is 10.1. The minimum atomic E-state index is 0.0451. The molecule has 1 heterocycles. The van der Waals surface area contributed by atoms with Gasteiger partial charge in [0, 0.05) is 38.4 Å². The summed E-state index contributed by atoms with van der Waals surface area (Å²) in [5.41, 5.74) is 7.77. The van der Waals surface area contributed by atoms with E-state index in [4.69, 9.17) is 5.73 Å². The van der Waals surface area contributed by atoms with Gasteiger partial charge in [0.05, 0.1) is 6.04 Å². The third-order valence-electron chi connectivity index (χ3n) is 3.57. The predicted octanol–water partition coefficient (Wildman–Crippen LogP) is 0.974. The highest BCUT2D eigenvalue weighted by atomic mass is 16.1. The number of nitrogen functional groups attached to an aromatic ring is 1. The maximum atomic E-state index is 10.7. The molecular formula is C14H21N3O. The van der Waals surface area contributed by atoms with Gasteiger partial charge in [-0.15, -0.1) is 0 Å². The first-order chi connectivity index (χ1) is 8.69. The first-order valence-electron chi connectivity index (χ1n) is 6.45. The van der Waals surface area contributed by atoms with Crippen LogP contribution in [0.5, 0.6) is 0 Å². The molecule has 1 aromatic carbocycles. The van der Waals surface area contributed by atoms with Gasteiger partial charge in [-0.3, -0.25) is 9.80 Å². The largest absolute Gasteiger partial charge is 0.399 e. The molecule has 1 saturated heterocycles. The Labute approximate surface area is 108 Å². The van der Waals surface area contributed by atoms with Crippen molar-refractivity contribution in [3.63, 3.8) is 0 Å². The van der Waals surface area contributed by atoms with Gasteiger partial charge < -0.3 is 10.5 Å². The average Bonchev–Trinajstić information content (AvgIpc) is 2.41. The van der Waals surface area contributed by atoms with E-state index in [2.05, 4.69) is 21.9 Å².